The van der Waals surface area contributed by atoms with Gasteiger partial charge in [0.2, 0.25) is 0 Å². The Bertz CT molecular complexity index is 1200. The van der Waals surface area contributed by atoms with E-state index in [0.717, 1.165) is 6.07 Å². The summed E-state index contributed by atoms with van der Waals surface area (Å²) < 4.78 is 62.3. The van der Waals surface area contributed by atoms with Crippen molar-refractivity contribution in [1.82, 2.24) is 4.57 Å². The van der Waals surface area contributed by atoms with Crippen LogP contribution in [0.2, 0.25) is 0 Å². The van der Waals surface area contributed by atoms with E-state index in [-0.39, 0.29) is 16.8 Å². The average Bonchev–Trinajstić information content (AvgIpc) is 2.95. The van der Waals surface area contributed by atoms with Crippen molar-refractivity contribution >= 4 is 21.5 Å². The summed E-state index contributed by atoms with van der Waals surface area (Å²) in [6, 6.07) is 11.3. The normalized spacial score (nSPS) is 11.5. The van der Waals surface area contributed by atoms with Crippen molar-refractivity contribution < 1.29 is 31.5 Å². The first kappa shape index (κ1) is 24.0. The Kier molecular flexibility index (Phi) is 6.85. The molecule has 0 saturated carbocycles. The van der Waals surface area contributed by atoms with Crippen LogP contribution >= 0.6 is 0 Å². The van der Waals surface area contributed by atoms with Crippen molar-refractivity contribution in [3.63, 3.8) is 0 Å². The van der Waals surface area contributed by atoms with Crippen LogP contribution in [0.15, 0.2) is 59.6 Å². The predicted molar refractivity (Wildman–Crippen MR) is 112 cm³/mol. The second-order valence-electron chi connectivity index (χ2n) is 6.82. The van der Waals surface area contributed by atoms with E-state index in [1.807, 2.05) is 0 Å². The van der Waals surface area contributed by atoms with Crippen molar-refractivity contribution in [1.29, 1.82) is 0 Å². The van der Waals surface area contributed by atoms with Gasteiger partial charge in [-0.25, -0.2) is 13.2 Å². The molecule has 0 saturated heterocycles. The number of halogens is 3. The summed E-state index contributed by atoms with van der Waals surface area (Å²) >= 11 is 0. The fraction of sp³-hybridized carbons (Fsp3) is 0.190. The maximum Gasteiger partial charge on any atom is 0.417 e. The number of aromatic carboxylic acids is 1. The molecule has 10 heteroatoms. The molecule has 0 unspecified atom stereocenters. The first-order chi connectivity index (χ1) is 14.2. The van der Waals surface area contributed by atoms with Crippen LogP contribution in [0.4, 0.5) is 18.9 Å². The topological polar surface area (TPSA) is 102 Å². The lowest BCUT2D eigenvalue weighted by molar-refractivity contribution is -0.137. The van der Waals surface area contributed by atoms with Crippen LogP contribution in [0.25, 0.3) is 11.3 Å². The molecule has 166 valence electrons. The third kappa shape index (κ3) is 5.66. The molecule has 0 aliphatic rings. The molecule has 3 aromatic rings. The van der Waals surface area contributed by atoms with Gasteiger partial charge in [-0.05, 0) is 42.8 Å². The minimum absolute atomic E-state index is 0.000484. The first-order valence-corrected chi connectivity index (χ1v) is 10.7. The summed E-state index contributed by atoms with van der Waals surface area (Å²) in [5.41, 5.74) is 5.72. The predicted octanol–water partition coefficient (Wildman–Crippen LogP) is 4.39. The number of alkyl halides is 3. The van der Waals surface area contributed by atoms with Crippen molar-refractivity contribution in [2.75, 3.05) is 12.0 Å². The standard InChI is InChI=1S/C14H12F3NO2.C7H9NO2S/c1-8-10(13(19)20)7-18(2)12(8)9-5-3-4-6-11(9)14(15,16)17;1-11(9,10)7-4-2-6(8)3-5-7/h3-7H,1-2H3,(H,19,20);2-5H,8H2,1H3. The van der Waals surface area contributed by atoms with Crippen LogP contribution in [0.5, 0.6) is 0 Å². The number of carboxylic acid groups (broad SMARTS) is 1. The number of hydrogen-bond donors (Lipinski definition) is 2. The smallest absolute Gasteiger partial charge is 0.417 e. The highest BCUT2D eigenvalue weighted by molar-refractivity contribution is 7.90. The third-order valence-corrected chi connectivity index (χ3v) is 5.59. The van der Waals surface area contributed by atoms with E-state index in [1.54, 1.807) is 12.1 Å². The summed E-state index contributed by atoms with van der Waals surface area (Å²) in [6.07, 6.45) is -2.00. The first-order valence-electron chi connectivity index (χ1n) is 8.85. The second-order valence-corrected chi connectivity index (χ2v) is 8.83. The largest absolute Gasteiger partial charge is 0.478 e. The number of aromatic nitrogens is 1. The van der Waals surface area contributed by atoms with Crippen LogP contribution < -0.4 is 5.73 Å². The Morgan fingerprint density at radius 3 is 2.06 bits per heavy atom. The molecular weight excluding hydrogens is 433 g/mol. The molecule has 0 fully saturated rings. The molecule has 6 nitrogen and oxygen atoms in total. The Morgan fingerprint density at radius 2 is 1.61 bits per heavy atom. The molecule has 0 aliphatic heterocycles. The Balaban J connectivity index is 0.000000262. The number of carboxylic acids is 1. The van der Waals surface area contributed by atoms with E-state index >= 15 is 0 Å². The van der Waals surface area contributed by atoms with Crippen LogP contribution in [-0.4, -0.2) is 30.3 Å². The van der Waals surface area contributed by atoms with E-state index < -0.39 is 27.5 Å². The number of anilines is 1. The van der Waals surface area contributed by atoms with Gasteiger partial charge in [-0.1, -0.05) is 18.2 Å². The summed E-state index contributed by atoms with van der Waals surface area (Å²) in [4.78, 5) is 11.4. The summed E-state index contributed by atoms with van der Waals surface area (Å²) in [6.45, 7) is 1.51. The van der Waals surface area contributed by atoms with Crippen LogP contribution in [0.3, 0.4) is 0 Å². The summed E-state index contributed by atoms with van der Waals surface area (Å²) in [7, 11) is -1.55. The number of nitrogens with two attached hydrogens (primary N) is 1. The highest BCUT2D eigenvalue weighted by Crippen LogP contribution is 2.38. The number of carbonyl (C=O) groups is 1. The molecule has 0 aliphatic carbocycles. The molecule has 3 N–H and O–H groups in total. The molecule has 3 rings (SSSR count). The van der Waals surface area contributed by atoms with Gasteiger partial charge in [0, 0.05) is 30.8 Å². The van der Waals surface area contributed by atoms with Gasteiger partial charge in [-0.3, -0.25) is 0 Å². The van der Waals surface area contributed by atoms with Crippen LogP contribution in [0, 0.1) is 6.92 Å². The lowest BCUT2D eigenvalue weighted by atomic mass is 10.0. The Morgan fingerprint density at radius 1 is 1.06 bits per heavy atom. The van der Waals surface area contributed by atoms with Gasteiger partial charge in [0.1, 0.15) is 0 Å². The SMILES string of the molecule is CS(=O)(=O)c1ccc(N)cc1.Cc1c(C(=O)O)cn(C)c1-c1ccccc1C(F)(F)F. The summed E-state index contributed by atoms with van der Waals surface area (Å²) in [5, 5.41) is 9.04. The van der Waals surface area contributed by atoms with Gasteiger partial charge < -0.3 is 15.4 Å². The van der Waals surface area contributed by atoms with Gasteiger partial charge in [0.15, 0.2) is 9.84 Å². The number of rotatable bonds is 3. The van der Waals surface area contributed by atoms with Crippen molar-refractivity contribution in [3.8, 4) is 11.3 Å². The monoisotopic (exact) mass is 454 g/mol. The number of benzene rings is 2. The molecule has 0 spiro atoms. The van der Waals surface area contributed by atoms with E-state index in [2.05, 4.69) is 0 Å². The quantitative estimate of drug-likeness (QED) is 0.572. The second kappa shape index (κ2) is 8.84. The molecule has 31 heavy (non-hydrogen) atoms. The van der Waals surface area contributed by atoms with Crippen molar-refractivity contribution in [2.24, 2.45) is 7.05 Å². The fourth-order valence-electron chi connectivity index (χ4n) is 3.01. The van der Waals surface area contributed by atoms with Crippen LogP contribution in [-0.2, 0) is 23.1 Å². The summed E-state index contributed by atoms with van der Waals surface area (Å²) in [5.74, 6) is -1.16. The number of aryl methyl sites for hydroxylation is 1. The number of nitrogens with zero attached hydrogens (tertiary/aromatic N) is 1. The van der Waals surface area contributed by atoms with Gasteiger partial charge in [-0.15, -0.1) is 0 Å². The van der Waals surface area contributed by atoms with Crippen molar-refractivity contribution in [3.05, 3.63) is 71.4 Å². The van der Waals surface area contributed by atoms with Gasteiger partial charge >= 0.3 is 12.1 Å². The number of hydrogen-bond acceptors (Lipinski definition) is 4. The minimum Gasteiger partial charge on any atom is -0.478 e. The molecule has 0 radical (unpaired) electrons. The van der Waals surface area contributed by atoms with E-state index in [9.17, 15) is 26.4 Å². The average molecular weight is 454 g/mol. The molecule has 0 bridgehead atoms. The van der Waals surface area contributed by atoms with Crippen molar-refractivity contribution in [2.45, 2.75) is 18.0 Å². The van der Waals surface area contributed by atoms with Gasteiger partial charge in [0.05, 0.1) is 21.7 Å². The third-order valence-electron chi connectivity index (χ3n) is 4.46. The molecule has 1 aromatic heterocycles. The van der Waals surface area contributed by atoms with E-state index in [0.29, 0.717) is 16.1 Å². The van der Waals surface area contributed by atoms with E-state index in [1.165, 1.54) is 61.3 Å². The zero-order chi connectivity index (χ0) is 23.6. The maximum atomic E-state index is 13.0. The lowest BCUT2D eigenvalue weighted by Crippen LogP contribution is -2.08. The molecular formula is C21H21F3N2O4S. The Labute approximate surface area is 177 Å². The van der Waals surface area contributed by atoms with Gasteiger partial charge in [-0.2, -0.15) is 13.2 Å². The van der Waals surface area contributed by atoms with Gasteiger partial charge in [0.25, 0.3) is 0 Å². The minimum atomic E-state index is -4.49. The zero-order valence-corrected chi connectivity index (χ0v) is 17.8. The molecule has 2 aromatic carbocycles. The van der Waals surface area contributed by atoms with Crippen LogP contribution in [0.1, 0.15) is 21.5 Å². The lowest BCUT2D eigenvalue weighted by Gasteiger charge is -2.14. The zero-order valence-electron chi connectivity index (χ0n) is 16.9. The molecule has 1 heterocycles. The highest BCUT2D eigenvalue weighted by Gasteiger charge is 2.34. The molecule has 0 amide bonds. The maximum absolute atomic E-state index is 13.0. The Hall–Kier alpha value is -3.27. The highest BCUT2D eigenvalue weighted by atomic mass is 32.2. The fourth-order valence-corrected chi connectivity index (χ4v) is 3.64. The number of nitrogen functional groups attached to an aromatic ring is 1. The molecule has 0 atom stereocenters. The number of sulfone groups is 1. The van der Waals surface area contributed by atoms with E-state index in [4.69, 9.17) is 10.8 Å².